The normalized spacial score (nSPS) is 14.9. The molecular weight excluding hydrogens is 454 g/mol. The van der Waals surface area contributed by atoms with E-state index in [2.05, 4.69) is 0 Å². The van der Waals surface area contributed by atoms with Crippen molar-refractivity contribution in [3.63, 3.8) is 0 Å². The quantitative estimate of drug-likeness (QED) is 0.396. The summed E-state index contributed by atoms with van der Waals surface area (Å²) in [5.41, 5.74) is 1.60. The van der Waals surface area contributed by atoms with Crippen LogP contribution in [0.2, 0.25) is 5.02 Å². The number of esters is 1. The first-order valence-corrected chi connectivity index (χ1v) is 11.0. The van der Waals surface area contributed by atoms with E-state index in [1.165, 1.54) is 7.11 Å². The molecule has 0 radical (unpaired) electrons. The van der Waals surface area contributed by atoms with Gasteiger partial charge in [0.25, 0.3) is 11.1 Å². The van der Waals surface area contributed by atoms with Crippen LogP contribution >= 0.6 is 23.4 Å². The Bertz CT molecular complexity index is 1050. The molecule has 2 aromatic carbocycles. The van der Waals surface area contributed by atoms with Gasteiger partial charge >= 0.3 is 5.97 Å². The van der Waals surface area contributed by atoms with Crippen LogP contribution in [0.25, 0.3) is 6.08 Å². The van der Waals surface area contributed by atoms with E-state index < -0.39 is 23.7 Å². The summed E-state index contributed by atoms with van der Waals surface area (Å²) in [6.45, 7) is 3.31. The highest BCUT2D eigenvalue weighted by atomic mass is 35.5. The van der Waals surface area contributed by atoms with Gasteiger partial charge in [-0.05, 0) is 67.1 Å². The Hall–Kier alpha value is -2.97. The molecule has 1 aliphatic rings. The van der Waals surface area contributed by atoms with Gasteiger partial charge in [0, 0.05) is 5.02 Å². The van der Waals surface area contributed by atoms with Crippen molar-refractivity contribution in [3.8, 4) is 11.5 Å². The van der Waals surface area contributed by atoms with Crippen molar-refractivity contribution in [2.45, 2.75) is 26.6 Å². The van der Waals surface area contributed by atoms with Crippen LogP contribution in [-0.4, -0.2) is 41.8 Å². The van der Waals surface area contributed by atoms with Crippen LogP contribution in [-0.2, 0) is 20.9 Å². The summed E-state index contributed by atoms with van der Waals surface area (Å²) < 4.78 is 16.3. The van der Waals surface area contributed by atoms with Gasteiger partial charge in [-0.1, -0.05) is 29.8 Å². The summed E-state index contributed by atoms with van der Waals surface area (Å²) in [4.78, 5) is 37.7. The van der Waals surface area contributed by atoms with Gasteiger partial charge in [-0.2, -0.15) is 0 Å². The van der Waals surface area contributed by atoms with Crippen LogP contribution in [0.3, 0.4) is 0 Å². The van der Waals surface area contributed by atoms with Gasteiger partial charge < -0.3 is 14.2 Å². The first kappa shape index (κ1) is 23.7. The Morgan fingerprint density at radius 1 is 1.12 bits per heavy atom. The van der Waals surface area contributed by atoms with E-state index >= 15 is 0 Å². The molecule has 0 aromatic heterocycles. The average Bonchev–Trinajstić information content (AvgIpc) is 3.00. The van der Waals surface area contributed by atoms with E-state index in [-0.39, 0.29) is 11.0 Å². The van der Waals surface area contributed by atoms with Gasteiger partial charge in [-0.3, -0.25) is 19.3 Å². The fourth-order valence-corrected chi connectivity index (χ4v) is 3.82. The minimum Gasteiger partial charge on any atom is -0.493 e. The Balaban J connectivity index is 1.71. The minimum atomic E-state index is -0.632. The van der Waals surface area contributed by atoms with E-state index in [0.717, 1.165) is 22.2 Å². The zero-order valence-electron chi connectivity index (χ0n) is 17.8. The predicted octanol–water partition coefficient (Wildman–Crippen LogP) is 4.92. The van der Waals surface area contributed by atoms with Crippen LogP contribution < -0.4 is 9.47 Å². The molecule has 168 valence electrons. The summed E-state index contributed by atoms with van der Waals surface area (Å²) in [6, 6.07) is 12.5. The second-order valence-corrected chi connectivity index (χ2v) is 8.56. The fraction of sp³-hybridized carbons (Fsp3) is 0.261. The molecule has 32 heavy (non-hydrogen) atoms. The molecule has 9 heteroatoms. The molecule has 2 aromatic rings. The molecule has 0 unspecified atom stereocenters. The van der Waals surface area contributed by atoms with Gasteiger partial charge in [-0.15, -0.1) is 0 Å². The number of hydrogen-bond acceptors (Lipinski definition) is 7. The standard InChI is InChI=1S/C23H22ClNO6S/c1-14(2)31-21(26)12-25-22(27)20(32-23(25)28)11-16-6-9-18(19(10-16)29-3)30-13-15-4-7-17(24)8-5-15/h4-11,14H,12-13H2,1-3H3/b20-11+. The molecule has 0 bridgehead atoms. The zero-order valence-corrected chi connectivity index (χ0v) is 19.4. The van der Waals surface area contributed by atoms with Crippen LogP contribution in [0.15, 0.2) is 47.4 Å². The number of rotatable bonds is 8. The Labute approximate surface area is 195 Å². The molecule has 3 rings (SSSR count). The maximum Gasteiger partial charge on any atom is 0.326 e. The number of amides is 2. The van der Waals surface area contributed by atoms with Crippen molar-refractivity contribution < 1.29 is 28.6 Å². The van der Waals surface area contributed by atoms with E-state index in [1.54, 1.807) is 50.3 Å². The molecule has 1 fully saturated rings. The first-order valence-electron chi connectivity index (χ1n) is 9.77. The van der Waals surface area contributed by atoms with Crippen molar-refractivity contribution in [3.05, 3.63) is 63.5 Å². The third-order valence-corrected chi connectivity index (χ3v) is 5.48. The summed E-state index contributed by atoms with van der Waals surface area (Å²) in [5.74, 6) is -0.160. The number of imide groups is 1. The monoisotopic (exact) mass is 475 g/mol. The number of carbonyl (C=O) groups is 3. The van der Waals surface area contributed by atoms with Crippen LogP contribution in [0.5, 0.6) is 11.5 Å². The number of methoxy groups -OCH3 is 1. The molecule has 0 spiro atoms. The summed E-state index contributed by atoms with van der Waals surface area (Å²) in [5, 5.41) is 0.133. The molecule has 1 saturated heterocycles. The number of hydrogen-bond donors (Lipinski definition) is 0. The lowest BCUT2D eigenvalue weighted by atomic mass is 10.1. The van der Waals surface area contributed by atoms with Crippen LogP contribution in [0, 0.1) is 0 Å². The predicted molar refractivity (Wildman–Crippen MR) is 123 cm³/mol. The topological polar surface area (TPSA) is 82.1 Å². The lowest BCUT2D eigenvalue weighted by Gasteiger charge is -2.13. The summed E-state index contributed by atoms with van der Waals surface area (Å²) in [6.07, 6.45) is 1.25. The second kappa shape index (κ2) is 10.6. The van der Waals surface area contributed by atoms with Crippen molar-refractivity contribution >= 4 is 46.6 Å². The lowest BCUT2D eigenvalue weighted by molar-refractivity contribution is -0.149. The summed E-state index contributed by atoms with van der Waals surface area (Å²) in [7, 11) is 1.52. The number of carbonyl (C=O) groups excluding carboxylic acids is 3. The van der Waals surface area contributed by atoms with E-state index in [9.17, 15) is 14.4 Å². The Kier molecular flexibility index (Phi) is 7.82. The van der Waals surface area contributed by atoms with Crippen molar-refractivity contribution in [1.82, 2.24) is 4.90 Å². The Morgan fingerprint density at radius 2 is 1.84 bits per heavy atom. The van der Waals surface area contributed by atoms with Crippen molar-refractivity contribution in [1.29, 1.82) is 0 Å². The average molecular weight is 476 g/mol. The number of thioether (sulfide) groups is 1. The molecular formula is C23H22ClNO6S. The highest BCUT2D eigenvalue weighted by molar-refractivity contribution is 8.18. The molecule has 2 amide bonds. The van der Waals surface area contributed by atoms with Gasteiger partial charge in [0.15, 0.2) is 11.5 Å². The fourth-order valence-electron chi connectivity index (χ4n) is 2.85. The van der Waals surface area contributed by atoms with E-state index in [0.29, 0.717) is 28.7 Å². The largest absolute Gasteiger partial charge is 0.493 e. The van der Waals surface area contributed by atoms with Gasteiger partial charge in [-0.25, -0.2) is 0 Å². The third kappa shape index (κ3) is 6.05. The van der Waals surface area contributed by atoms with Crippen LogP contribution in [0.1, 0.15) is 25.0 Å². The SMILES string of the molecule is COc1cc(/C=C2/SC(=O)N(CC(=O)OC(C)C)C2=O)ccc1OCc1ccc(Cl)cc1. The molecule has 0 atom stereocenters. The molecule has 0 N–H and O–H groups in total. The highest BCUT2D eigenvalue weighted by Crippen LogP contribution is 2.34. The maximum atomic E-state index is 12.6. The van der Waals surface area contributed by atoms with E-state index in [1.807, 2.05) is 12.1 Å². The maximum absolute atomic E-state index is 12.6. The van der Waals surface area contributed by atoms with Crippen LogP contribution in [0.4, 0.5) is 4.79 Å². The van der Waals surface area contributed by atoms with Crippen molar-refractivity contribution in [2.75, 3.05) is 13.7 Å². The number of nitrogens with zero attached hydrogens (tertiary/aromatic N) is 1. The molecule has 0 saturated carbocycles. The lowest BCUT2D eigenvalue weighted by Crippen LogP contribution is -2.35. The second-order valence-electron chi connectivity index (χ2n) is 7.13. The summed E-state index contributed by atoms with van der Waals surface area (Å²) >= 11 is 6.67. The van der Waals surface area contributed by atoms with Gasteiger partial charge in [0.05, 0.1) is 18.1 Å². The molecule has 7 nitrogen and oxygen atoms in total. The Morgan fingerprint density at radius 3 is 2.50 bits per heavy atom. The molecule has 1 heterocycles. The number of benzene rings is 2. The van der Waals surface area contributed by atoms with Crippen molar-refractivity contribution in [2.24, 2.45) is 0 Å². The van der Waals surface area contributed by atoms with E-state index in [4.69, 9.17) is 25.8 Å². The number of ether oxygens (including phenoxy) is 3. The molecule has 1 aliphatic heterocycles. The zero-order chi connectivity index (χ0) is 23.3. The first-order chi connectivity index (χ1) is 15.3. The minimum absolute atomic E-state index is 0.212. The van der Waals surface area contributed by atoms with Gasteiger partial charge in [0.2, 0.25) is 0 Å². The highest BCUT2D eigenvalue weighted by Gasteiger charge is 2.36. The van der Waals surface area contributed by atoms with Gasteiger partial charge in [0.1, 0.15) is 13.2 Å². The number of halogens is 1. The molecule has 0 aliphatic carbocycles. The smallest absolute Gasteiger partial charge is 0.326 e. The third-order valence-electron chi connectivity index (χ3n) is 4.32.